The molecule has 17 heavy (non-hydrogen) atoms. The summed E-state index contributed by atoms with van der Waals surface area (Å²) in [4.78, 5) is 23.7. The number of ether oxygens (including phenoxy) is 1. The van der Waals surface area contributed by atoms with E-state index in [9.17, 15) is 9.59 Å². The Morgan fingerprint density at radius 1 is 1.29 bits per heavy atom. The number of hydrogen-bond acceptors (Lipinski definition) is 4. The Morgan fingerprint density at radius 3 is 2.35 bits per heavy atom. The molecule has 0 aliphatic rings. The van der Waals surface area contributed by atoms with Crippen molar-refractivity contribution in [1.29, 1.82) is 5.26 Å². The van der Waals surface area contributed by atoms with Gasteiger partial charge in [-0.3, -0.25) is 4.79 Å². The predicted molar refractivity (Wildman–Crippen MR) is 59.8 cm³/mol. The summed E-state index contributed by atoms with van der Waals surface area (Å²) in [5.41, 5.74) is 0.259. The first-order valence-electron chi connectivity index (χ1n) is 5.06. The van der Waals surface area contributed by atoms with E-state index in [4.69, 9.17) is 10.00 Å². The fourth-order valence-electron chi connectivity index (χ4n) is 1.13. The van der Waals surface area contributed by atoms with E-state index >= 15 is 0 Å². The zero-order chi connectivity index (χ0) is 12.8. The van der Waals surface area contributed by atoms with Gasteiger partial charge in [0.25, 0.3) is 5.91 Å². The summed E-state index contributed by atoms with van der Waals surface area (Å²) in [6.45, 7) is 3.28. The third-order valence-corrected chi connectivity index (χ3v) is 1.84. The molecule has 88 valence electrons. The van der Waals surface area contributed by atoms with Crippen LogP contribution in [0.25, 0.3) is 0 Å². The minimum Gasteiger partial charge on any atom is -0.446 e. The molecular formula is C12H12N2O3. The fraction of sp³-hybridized carbons (Fsp3) is 0.250. The van der Waals surface area contributed by atoms with Gasteiger partial charge in [-0.1, -0.05) is 18.2 Å². The highest BCUT2D eigenvalue weighted by molar-refractivity contribution is 6.04. The number of rotatable bonds is 2. The Morgan fingerprint density at radius 2 is 1.88 bits per heavy atom. The van der Waals surface area contributed by atoms with Gasteiger partial charge < -0.3 is 4.74 Å². The van der Waals surface area contributed by atoms with E-state index < -0.39 is 12.0 Å². The number of carbonyl (C=O) groups is 2. The SMILES string of the molecule is CC(C)OC(=O)N(C#N)C(=O)c1ccccc1. The molecule has 1 aromatic rings. The van der Waals surface area contributed by atoms with Crippen LogP contribution in [0.15, 0.2) is 30.3 Å². The highest BCUT2D eigenvalue weighted by Gasteiger charge is 2.24. The van der Waals surface area contributed by atoms with Gasteiger partial charge in [0, 0.05) is 5.56 Å². The van der Waals surface area contributed by atoms with Gasteiger partial charge in [-0.15, -0.1) is 4.90 Å². The van der Waals surface area contributed by atoms with Crippen LogP contribution in [0.4, 0.5) is 4.79 Å². The smallest absolute Gasteiger partial charge is 0.430 e. The van der Waals surface area contributed by atoms with Crippen LogP contribution in [-0.2, 0) is 4.74 Å². The van der Waals surface area contributed by atoms with Crippen LogP contribution >= 0.6 is 0 Å². The van der Waals surface area contributed by atoms with Crippen LogP contribution in [-0.4, -0.2) is 23.0 Å². The fourth-order valence-corrected chi connectivity index (χ4v) is 1.13. The summed E-state index contributed by atoms with van der Waals surface area (Å²) in [6, 6.07) is 8.08. The summed E-state index contributed by atoms with van der Waals surface area (Å²) < 4.78 is 4.79. The van der Waals surface area contributed by atoms with Crippen molar-refractivity contribution >= 4 is 12.0 Å². The third kappa shape index (κ3) is 3.31. The summed E-state index contributed by atoms with van der Waals surface area (Å²) in [5.74, 6) is -0.696. The summed E-state index contributed by atoms with van der Waals surface area (Å²) in [7, 11) is 0. The van der Waals surface area contributed by atoms with Gasteiger partial charge in [0.05, 0.1) is 6.10 Å². The van der Waals surface area contributed by atoms with E-state index in [2.05, 4.69) is 0 Å². The standard InChI is InChI=1S/C12H12N2O3/c1-9(2)17-12(16)14(8-13)11(15)10-6-4-3-5-7-10/h3-7,9H,1-2H3. The first-order chi connectivity index (χ1) is 8.06. The maximum absolute atomic E-state index is 11.8. The molecule has 0 unspecified atom stereocenters. The zero-order valence-electron chi connectivity index (χ0n) is 9.58. The maximum Gasteiger partial charge on any atom is 0.430 e. The van der Waals surface area contributed by atoms with E-state index in [-0.39, 0.29) is 11.7 Å². The molecule has 0 saturated heterocycles. The number of carbonyl (C=O) groups excluding carboxylic acids is 2. The molecule has 0 radical (unpaired) electrons. The van der Waals surface area contributed by atoms with Gasteiger partial charge in [0.2, 0.25) is 0 Å². The zero-order valence-corrected chi connectivity index (χ0v) is 9.58. The number of nitriles is 1. The molecule has 0 saturated carbocycles. The Kier molecular flexibility index (Phi) is 4.23. The van der Waals surface area contributed by atoms with E-state index in [1.165, 1.54) is 18.3 Å². The first-order valence-corrected chi connectivity index (χ1v) is 5.06. The van der Waals surface area contributed by atoms with Gasteiger partial charge in [0.1, 0.15) is 0 Å². The summed E-state index contributed by atoms with van der Waals surface area (Å²) in [6.07, 6.45) is 0.166. The Balaban J connectivity index is 2.86. The van der Waals surface area contributed by atoms with Crippen LogP contribution in [0.2, 0.25) is 0 Å². The van der Waals surface area contributed by atoms with Crippen molar-refractivity contribution in [2.24, 2.45) is 0 Å². The molecule has 0 aliphatic heterocycles. The molecule has 2 amide bonds. The number of benzene rings is 1. The van der Waals surface area contributed by atoms with E-state index in [1.54, 1.807) is 32.0 Å². The van der Waals surface area contributed by atoms with Crippen molar-refractivity contribution in [3.8, 4) is 6.19 Å². The molecule has 0 spiro atoms. The van der Waals surface area contributed by atoms with Crippen molar-refractivity contribution < 1.29 is 14.3 Å². The summed E-state index contributed by atoms with van der Waals surface area (Å²) >= 11 is 0. The maximum atomic E-state index is 11.8. The predicted octanol–water partition coefficient (Wildman–Crippen LogP) is 2.15. The van der Waals surface area contributed by atoms with E-state index in [0.29, 0.717) is 4.90 Å². The van der Waals surface area contributed by atoms with Gasteiger partial charge >= 0.3 is 6.09 Å². The monoisotopic (exact) mass is 232 g/mol. The van der Waals surface area contributed by atoms with Crippen LogP contribution in [0.3, 0.4) is 0 Å². The molecule has 0 heterocycles. The molecule has 0 aromatic heterocycles. The second-order valence-corrected chi connectivity index (χ2v) is 3.54. The van der Waals surface area contributed by atoms with Gasteiger partial charge in [-0.2, -0.15) is 5.26 Å². The van der Waals surface area contributed by atoms with Crippen molar-refractivity contribution in [3.63, 3.8) is 0 Å². The third-order valence-electron chi connectivity index (χ3n) is 1.84. The van der Waals surface area contributed by atoms with Crippen LogP contribution < -0.4 is 0 Å². The molecule has 0 fully saturated rings. The van der Waals surface area contributed by atoms with Crippen LogP contribution in [0.5, 0.6) is 0 Å². The molecule has 5 heteroatoms. The molecule has 5 nitrogen and oxygen atoms in total. The largest absolute Gasteiger partial charge is 0.446 e. The Labute approximate surface area is 99.2 Å². The van der Waals surface area contributed by atoms with Crippen LogP contribution in [0.1, 0.15) is 24.2 Å². The van der Waals surface area contributed by atoms with Gasteiger partial charge in [-0.05, 0) is 26.0 Å². The summed E-state index contributed by atoms with van der Waals surface area (Å²) in [5, 5.41) is 8.80. The Bertz CT molecular complexity index is 449. The average molecular weight is 232 g/mol. The lowest BCUT2D eigenvalue weighted by atomic mass is 10.2. The second kappa shape index (κ2) is 5.66. The highest BCUT2D eigenvalue weighted by atomic mass is 16.6. The van der Waals surface area contributed by atoms with Crippen molar-refractivity contribution in [3.05, 3.63) is 35.9 Å². The first kappa shape index (κ1) is 12.7. The average Bonchev–Trinajstić information content (AvgIpc) is 2.30. The van der Waals surface area contributed by atoms with Crippen molar-refractivity contribution in [1.82, 2.24) is 4.90 Å². The van der Waals surface area contributed by atoms with Crippen molar-refractivity contribution in [2.75, 3.05) is 0 Å². The number of nitrogens with zero attached hydrogens (tertiary/aromatic N) is 2. The minimum atomic E-state index is -0.962. The minimum absolute atomic E-state index is 0.259. The van der Waals surface area contributed by atoms with Gasteiger partial charge in [0.15, 0.2) is 6.19 Å². The van der Waals surface area contributed by atoms with E-state index in [1.807, 2.05) is 0 Å². The second-order valence-electron chi connectivity index (χ2n) is 3.54. The molecule has 0 N–H and O–H groups in total. The molecular weight excluding hydrogens is 220 g/mol. The molecule has 1 rings (SSSR count). The molecule has 0 aliphatic carbocycles. The molecule has 0 bridgehead atoms. The quantitative estimate of drug-likeness (QED) is 0.578. The number of hydrogen-bond donors (Lipinski definition) is 0. The topological polar surface area (TPSA) is 70.4 Å². The van der Waals surface area contributed by atoms with Gasteiger partial charge in [-0.25, -0.2) is 4.79 Å². The number of amides is 2. The van der Waals surface area contributed by atoms with E-state index in [0.717, 1.165) is 0 Å². The number of imide groups is 1. The Hall–Kier alpha value is -2.35. The highest BCUT2D eigenvalue weighted by Crippen LogP contribution is 2.06. The lowest BCUT2D eigenvalue weighted by Gasteiger charge is -2.14. The van der Waals surface area contributed by atoms with Crippen LogP contribution in [0, 0.1) is 11.5 Å². The molecule has 0 atom stereocenters. The van der Waals surface area contributed by atoms with Crippen molar-refractivity contribution in [2.45, 2.75) is 20.0 Å². The lowest BCUT2D eigenvalue weighted by Crippen LogP contribution is -2.34. The molecule has 1 aromatic carbocycles. The normalized spacial score (nSPS) is 9.53. The lowest BCUT2D eigenvalue weighted by molar-refractivity contribution is 0.0680.